The minimum Gasteiger partial charge on any atom is -0.381 e. The maximum absolute atomic E-state index is 13.1. The Balaban J connectivity index is 2.19. The molecule has 1 aromatic rings. The smallest absolute Gasteiger partial charge is 0.235 e. The van der Waals surface area contributed by atoms with Crippen LogP contribution in [0.1, 0.15) is 18.4 Å². The molecular formula is C12H17FN2O3S. The Morgan fingerprint density at radius 2 is 2.05 bits per heavy atom. The van der Waals surface area contributed by atoms with E-state index in [2.05, 4.69) is 4.72 Å². The Hall–Kier alpha value is -1.18. The molecule has 0 radical (unpaired) electrons. The standard InChI is InChI=1S/C12H17FN2O3S/c13-10-1-2-12(9(7-10)8-14)15-19(16,17)11-3-5-18-6-4-11/h1-2,7,11,15H,3-6,8,14H2. The second-order valence-corrected chi connectivity index (χ2v) is 6.43. The van der Waals surface area contributed by atoms with Crippen LogP contribution in [0.25, 0.3) is 0 Å². The van der Waals surface area contributed by atoms with Gasteiger partial charge in [-0.25, -0.2) is 12.8 Å². The van der Waals surface area contributed by atoms with Crippen molar-refractivity contribution < 1.29 is 17.5 Å². The summed E-state index contributed by atoms with van der Waals surface area (Å²) in [5.41, 5.74) is 6.28. The lowest BCUT2D eigenvalue weighted by atomic mass is 10.2. The highest BCUT2D eigenvalue weighted by molar-refractivity contribution is 7.93. The highest BCUT2D eigenvalue weighted by Crippen LogP contribution is 2.22. The van der Waals surface area contributed by atoms with Crippen LogP contribution in [0.3, 0.4) is 0 Å². The molecule has 0 amide bonds. The zero-order valence-corrected chi connectivity index (χ0v) is 11.2. The second kappa shape index (κ2) is 5.85. The van der Waals surface area contributed by atoms with Gasteiger partial charge in [0.1, 0.15) is 5.82 Å². The first-order chi connectivity index (χ1) is 9.03. The van der Waals surface area contributed by atoms with E-state index < -0.39 is 21.1 Å². The van der Waals surface area contributed by atoms with Crippen LogP contribution in [0.15, 0.2) is 18.2 Å². The zero-order chi connectivity index (χ0) is 13.9. The molecule has 0 bridgehead atoms. The minimum atomic E-state index is -3.49. The van der Waals surface area contributed by atoms with E-state index in [0.717, 1.165) is 0 Å². The minimum absolute atomic E-state index is 0.0728. The highest BCUT2D eigenvalue weighted by atomic mass is 32.2. The largest absolute Gasteiger partial charge is 0.381 e. The van der Waals surface area contributed by atoms with Crippen molar-refractivity contribution >= 4 is 15.7 Å². The lowest BCUT2D eigenvalue weighted by Gasteiger charge is -2.23. The molecule has 1 heterocycles. The fourth-order valence-electron chi connectivity index (χ4n) is 2.05. The molecule has 0 atom stereocenters. The average Bonchev–Trinajstić information content (AvgIpc) is 2.41. The number of hydrogen-bond acceptors (Lipinski definition) is 4. The zero-order valence-electron chi connectivity index (χ0n) is 10.4. The van der Waals surface area contributed by atoms with E-state index in [1.54, 1.807) is 0 Å². The predicted molar refractivity (Wildman–Crippen MR) is 70.7 cm³/mol. The molecule has 0 aromatic heterocycles. The van der Waals surface area contributed by atoms with Gasteiger partial charge in [0.2, 0.25) is 10.0 Å². The molecule has 0 aliphatic carbocycles. The molecule has 0 saturated carbocycles. The number of benzene rings is 1. The number of nitrogens with two attached hydrogens (primary N) is 1. The molecule has 1 fully saturated rings. The lowest BCUT2D eigenvalue weighted by molar-refractivity contribution is 0.0984. The summed E-state index contributed by atoms with van der Waals surface area (Å²) in [6.07, 6.45) is 0.934. The third kappa shape index (κ3) is 3.43. The van der Waals surface area contributed by atoms with Gasteiger partial charge < -0.3 is 10.5 Å². The Morgan fingerprint density at radius 1 is 1.37 bits per heavy atom. The van der Waals surface area contributed by atoms with E-state index in [0.29, 0.717) is 37.3 Å². The number of halogens is 1. The molecule has 1 aliphatic heterocycles. The van der Waals surface area contributed by atoms with Crippen molar-refractivity contribution in [3.8, 4) is 0 Å². The van der Waals surface area contributed by atoms with Gasteiger partial charge in [-0.05, 0) is 36.6 Å². The molecule has 1 aliphatic rings. The summed E-state index contributed by atoms with van der Waals surface area (Å²) in [5.74, 6) is -0.436. The van der Waals surface area contributed by atoms with Crippen molar-refractivity contribution in [2.45, 2.75) is 24.6 Å². The molecule has 1 saturated heterocycles. The Labute approximate surface area is 112 Å². The summed E-state index contributed by atoms with van der Waals surface area (Å²) in [7, 11) is -3.49. The summed E-state index contributed by atoms with van der Waals surface area (Å²) < 4.78 is 45.1. The molecule has 106 valence electrons. The van der Waals surface area contributed by atoms with Gasteiger partial charge in [-0.15, -0.1) is 0 Å². The fourth-order valence-corrected chi connectivity index (χ4v) is 3.54. The van der Waals surface area contributed by atoms with Gasteiger partial charge in [-0.3, -0.25) is 4.72 Å². The monoisotopic (exact) mass is 288 g/mol. The van der Waals surface area contributed by atoms with Crippen LogP contribution >= 0.6 is 0 Å². The number of nitrogens with one attached hydrogen (secondary N) is 1. The molecule has 5 nitrogen and oxygen atoms in total. The first-order valence-electron chi connectivity index (χ1n) is 6.11. The van der Waals surface area contributed by atoms with E-state index in [1.807, 2.05) is 0 Å². The fraction of sp³-hybridized carbons (Fsp3) is 0.500. The van der Waals surface area contributed by atoms with Crippen LogP contribution < -0.4 is 10.5 Å². The lowest BCUT2D eigenvalue weighted by Crippen LogP contribution is -2.33. The van der Waals surface area contributed by atoms with Crippen LogP contribution in [-0.2, 0) is 21.3 Å². The number of anilines is 1. The van der Waals surface area contributed by atoms with E-state index in [1.165, 1.54) is 18.2 Å². The SMILES string of the molecule is NCc1cc(F)ccc1NS(=O)(=O)C1CCOCC1. The summed E-state index contributed by atoms with van der Waals surface area (Å²) in [6, 6.07) is 3.84. The number of rotatable bonds is 4. The first-order valence-corrected chi connectivity index (χ1v) is 7.65. The van der Waals surface area contributed by atoms with Crippen molar-refractivity contribution in [3.63, 3.8) is 0 Å². The normalized spacial score (nSPS) is 17.4. The molecule has 0 unspecified atom stereocenters. The maximum atomic E-state index is 13.1. The van der Waals surface area contributed by atoms with Gasteiger partial charge in [0, 0.05) is 19.8 Å². The molecule has 2 rings (SSSR count). The third-order valence-corrected chi connectivity index (χ3v) is 5.00. The summed E-state index contributed by atoms with van der Waals surface area (Å²) in [4.78, 5) is 0. The quantitative estimate of drug-likeness (QED) is 0.872. The topological polar surface area (TPSA) is 81.4 Å². The van der Waals surface area contributed by atoms with Crippen LogP contribution in [0.2, 0.25) is 0 Å². The summed E-state index contributed by atoms with van der Waals surface area (Å²) in [5, 5.41) is -0.475. The number of ether oxygens (including phenoxy) is 1. The van der Waals surface area contributed by atoms with Crippen LogP contribution in [0, 0.1) is 5.82 Å². The predicted octanol–water partition coefficient (Wildman–Crippen LogP) is 1.21. The van der Waals surface area contributed by atoms with Gasteiger partial charge in [0.15, 0.2) is 0 Å². The molecular weight excluding hydrogens is 271 g/mol. The Morgan fingerprint density at radius 3 is 2.68 bits per heavy atom. The molecule has 7 heteroatoms. The summed E-state index contributed by atoms with van der Waals surface area (Å²) in [6.45, 7) is 0.959. The molecule has 19 heavy (non-hydrogen) atoms. The van der Waals surface area contributed by atoms with Gasteiger partial charge >= 0.3 is 0 Å². The van der Waals surface area contributed by atoms with E-state index >= 15 is 0 Å². The maximum Gasteiger partial charge on any atom is 0.235 e. The van der Waals surface area contributed by atoms with Gasteiger partial charge in [-0.2, -0.15) is 0 Å². The molecule has 1 aromatic carbocycles. The number of sulfonamides is 1. The first kappa shape index (κ1) is 14.2. The van der Waals surface area contributed by atoms with Crippen LogP contribution in [0.5, 0.6) is 0 Å². The number of hydrogen-bond donors (Lipinski definition) is 2. The van der Waals surface area contributed by atoms with Gasteiger partial charge in [0.05, 0.1) is 10.9 Å². The third-order valence-electron chi connectivity index (χ3n) is 3.15. The van der Waals surface area contributed by atoms with Crippen molar-refractivity contribution in [2.24, 2.45) is 5.73 Å². The van der Waals surface area contributed by atoms with Crippen LogP contribution in [0.4, 0.5) is 10.1 Å². The van der Waals surface area contributed by atoms with E-state index in [4.69, 9.17) is 10.5 Å². The Kier molecular flexibility index (Phi) is 4.38. The molecule has 3 N–H and O–H groups in total. The van der Waals surface area contributed by atoms with Crippen LogP contribution in [-0.4, -0.2) is 26.9 Å². The van der Waals surface area contributed by atoms with Gasteiger partial charge in [-0.1, -0.05) is 0 Å². The second-order valence-electron chi connectivity index (χ2n) is 4.46. The van der Waals surface area contributed by atoms with Crippen molar-refractivity contribution in [2.75, 3.05) is 17.9 Å². The highest BCUT2D eigenvalue weighted by Gasteiger charge is 2.28. The van der Waals surface area contributed by atoms with Crippen molar-refractivity contribution in [1.82, 2.24) is 0 Å². The molecule has 0 spiro atoms. The average molecular weight is 288 g/mol. The van der Waals surface area contributed by atoms with E-state index in [-0.39, 0.29) is 6.54 Å². The van der Waals surface area contributed by atoms with Crippen molar-refractivity contribution in [3.05, 3.63) is 29.6 Å². The summed E-state index contributed by atoms with van der Waals surface area (Å²) >= 11 is 0. The van der Waals surface area contributed by atoms with E-state index in [9.17, 15) is 12.8 Å². The Bertz CT molecular complexity index is 542. The van der Waals surface area contributed by atoms with Gasteiger partial charge in [0.25, 0.3) is 0 Å². The van der Waals surface area contributed by atoms with Crippen molar-refractivity contribution in [1.29, 1.82) is 0 Å².